The lowest BCUT2D eigenvalue weighted by atomic mass is 10.00. The van der Waals surface area contributed by atoms with Crippen molar-refractivity contribution in [2.45, 2.75) is 12.1 Å². The molecule has 8 heteroatoms. The molecule has 0 saturated carbocycles. The van der Waals surface area contributed by atoms with Crippen LogP contribution in [0.15, 0.2) is 24.7 Å². The summed E-state index contributed by atoms with van der Waals surface area (Å²) in [6.07, 6.45) is 5.08. The highest BCUT2D eigenvalue weighted by molar-refractivity contribution is 5.93. The van der Waals surface area contributed by atoms with Crippen molar-refractivity contribution in [1.29, 1.82) is 5.26 Å². The van der Waals surface area contributed by atoms with Gasteiger partial charge in [-0.1, -0.05) is 0 Å². The van der Waals surface area contributed by atoms with E-state index in [-0.39, 0.29) is 18.1 Å². The van der Waals surface area contributed by atoms with Crippen LogP contribution in [-0.4, -0.2) is 70.4 Å². The quantitative estimate of drug-likeness (QED) is 0.886. The second kappa shape index (κ2) is 7.09. The second-order valence-corrected chi connectivity index (χ2v) is 6.48. The zero-order chi connectivity index (χ0) is 18.0. The number of amides is 1. The lowest BCUT2D eigenvalue weighted by Gasteiger charge is -2.41. The molecule has 2 aromatic heterocycles. The number of hydrogen-bond donors (Lipinski definition) is 1. The van der Waals surface area contributed by atoms with Gasteiger partial charge in [0.15, 0.2) is 0 Å². The lowest BCUT2D eigenvalue weighted by Crippen LogP contribution is -2.51. The van der Waals surface area contributed by atoms with Crippen molar-refractivity contribution in [3.63, 3.8) is 0 Å². The molecule has 0 spiro atoms. The topological polar surface area (TPSA) is 90.2 Å². The average Bonchev–Trinajstić information content (AvgIpc) is 3.22. The van der Waals surface area contributed by atoms with Gasteiger partial charge in [0.05, 0.1) is 30.5 Å². The number of ether oxygens (including phenoxy) is 1. The van der Waals surface area contributed by atoms with E-state index in [1.807, 2.05) is 43.2 Å². The van der Waals surface area contributed by atoms with E-state index in [0.717, 1.165) is 5.56 Å². The van der Waals surface area contributed by atoms with Gasteiger partial charge in [-0.25, -0.2) is 0 Å². The Bertz CT molecular complexity index is 787. The van der Waals surface area contributed by atoms with Crippen molar-refractivity contribution in [2.24, 2.45) is 7.05 Å². The highest BCUT2D eigenvalue weighted by atomic mass is 16.5. The van der Waals surface area contributed by atoms with E-state index in [0.29, 0.717) is 31.0 Å². The molecule has 1 amide bonds. The summed E-state index contributed by atoms with van der Waals surface area (Å²) in [7, 11) is 5.81. The van der Waals surface area contributed by atoms with E-state index in [4.69, 9.17) is 10.00 Å². The third kappa shape index (κ3) is 3.57. The fourth-order valence-electron chi connectivity index (χ4n) is 3.20. The molecule has 0 bridgehead atoms. The minimum Gasteiger partial charge on any atom is -0.373 e. The lowest BCUT2D eigenvalue weighted by molar-refractivity contribution is -0.0686. The monoisotopic (exact) mass is 342 g/mol. The molecule has 3 rings (SSSR count). The van der Waals surface area contributed by atoms with E-state index in [1.165, 1.54) is 0 Å². The zero-order valence-corrected chi connectivity index (χ0v) is 14.6. The van der Waals surface area contributed by atoms with Crippen LogP contribution in [0.25, 0.3) is 0 Å². The first kappa shape index (κ1) is 17.2. The molecule has 132 valence electrons. The van der Waals surface area contributed by atoms with Gasteiger partial charge in [-0.2, -0.15) is 10.4 Å². The van der Waals surface area contributed by atoms with Gasteiger partial charge in [0.1, 0.15) is 11.8 Å². The first-order valence-corrected chi connectivity index (χ1v) is 8.14. The Morgan fingerprint density at radius 3 is 2.96 bits per heavy atom. The van der Waals surface area contributed by atoms with Crippen molar-refractivity contribution >= 4 is 5.91 Å². The van der Waals surface area contributed by atoms with Gasteiger partial charge in [-0.05, 0) is 20.2 Å². The maximum Gasteiger partial charge on any atom is 0.270 e. The number of carbonyl (C=O) groups is 1. The minimum atomic E-state index is -0.230. The normalized spacial score (nSPS) is 20.7. The van der Waals surface area contributed by atoms with Gasteiger partial charge in [-0.15, -0.1) is 0 Å². The standard InChI is InChI=1S/C17H22N6O2/c1-21(2)11-15-16(13-9-20-22(3)10-13)23(4-5-25-15)17(24)14-6-12(7-18)8-19-14/h6,8-10,15-16,19H,4-5,11H2,1-3H3/t15-,16-/m0/s1. The third-order valence-corrected chi connectivity index (χ3v) is 4.27. The molecule has 1 N–H and O–H groups in total. The van der Waals surface area contributed by atoms with Crippen molar-refractivity contribution < 1.29 is 9.53 Å². The maximum absolute atomic E-state index is 13.0. The summed E-state index contributed by atoms with van der Waals surface area (Å²) in [6.45, 7) is 1.66. The first-order valence-electron chi connectivity index (χ1n) is 8.14. The third-order valence-electron chi connectivity index (χ3n) is 4.27. The molecule has 0 aromatic carbocycles. The summed E-state index contributed by atoms with van der Waals surface area (Å²) in [5, 5.41) is 13.2. The van der Waals surface area contributed by atoms with Crippen LogP contribution in [0.5, 0.6) is 0 Å². The summed E-state index contributed by atoms with van der Waals surface area (Å²) in [5.41, 5.74) is 1.80. The van der Waals surface area contributed by atoms with Gasteiger partial charge in [0.2, 0.25) is 0 Å². The van der Waals surface area contributed by atoms with Crippen LogP contribution in [0.3, 0.4) is 0 Å². The van der Waals surface area contributed by atoms with Crippen molar-refractivity contribution in [3.05, 3.63) is 41.5 Å². The Hall–Kier alpha value is -2.63. The summed E-state index contributed by atoms with van der Waals surface area (Å²) in [6, 6.07) is 3.39. The van der Waals surface area contributed by atoms with Gasteiger partial charge < -0.3 is 19.5 Å². The molecule has 8 nitrogen and oxygen atoms in total. The Morgan fingerprint density at radius 2 is 2.36 bits per heavy atom. The molecule has 3 heterocycles. The van der Waals surface area contributed by atoms with Crippen molar-refractivity contribution in [2.75, 3.05) is 33.8 Å². The highest BCUT2D eigenvalue weighted by Crippen LogP contribution is 2.31. The van der Waals surface area contributed by atoms with Gasteiger partial charge in [0, 0.05) is 38.1 Å². The van der Waals surface area contributed by atoms with Crippen LogP contribution >= 0.6 is 0 Å². The number of H-pyrrole nitrogens is 1. The Morgan fingerprint density at radius 1 is 1.56 bits per heavy atom. The molecule has 1 aliphatic rings. The number of nitriles is 1. The number of likely N-dealkylation sites (N-methyl/N-ethyl adjacent to an activating group) is 1. The Kier molecular flexibility index (Phi) is 4.88. The first-order chi connectivity index (χ1) is 12.0. The van der Waals surface area contributed by atoms with Crippen LogP contribution in [0, 0.1) is 11.3 Å². The number of nitrogens with zero attached hydrogens (tertiary/aromatic N) is 5. The smallest absolute Gasteiger partial charge is 0.270 e. The highest BCUT2D eigenvalue weighted by Gasteiger charge is 2.38. The number of aromatic amines is 1. The SMILES string of the molecule is CN(C)C[C@@H]1OCCN(C(=O)c2cc(C#N)c[nH]2)[C@H]1c1cnn(C)c1. The minimum absolute atomic E-state index is 0.137. The molecule has 2 aromatic rings. The van der Waals surface area contributed by atoms with E-state index in [2.05, 4.69) is 10.1 Å². The van der Waals surface area contributed by atoms with E-state index in [9.17, 15) is 4.79 Å². The fourth-order valence-corrected chi connectivity index (χ4v) is 3.20. The van der Waals surface area contributed by atoms with Gasteiger partial charge >= 0.3 is 0 Å². The molecule has 0 radical (unpaired) electrons. The number of aromatic nitrogens is 3. The van der Waals surface area contributed by atoms with Crippen LogP contribution < -0.4 is 0 Å². The number of rotatable bonds is 4. The van der Waals surface area contributed by atoms with E-state index < -0.39 is 0 Å². The molecular weight excluding hydrogens is 320 g/mol. The molecular formula is C17H22N6O2. The van der Waals surface area contributed by atoms with Crippen molar-refractivity contribution in [3.8, 4) is 6.07 Å². The fraction of sp³-hybridized carbons (Fsp3) is 0.471. The van der Waals surface area contributed by atoms with E-state index in [1.54, 1.807) is 23.1 Å². The van der Waals surface area contributed by atoms with Crippen LogP contribution in [0.1, 0.15) is 27.7 Å². The summed E-state index contributed by atoms with van der Waals surface area (Å²) in [5.74, 6) is -0.137. The summed E-state index contributed by atoms with van der Waals surface area (Å²) < 4.78 is 7.70. The van der Waals surface area contributed by atoms with Gasteiger partial charge in [-0.3, -0.25) is 9.48 Å². The summed E-state index contributed by atoms with van der Waals surface area (Å²) in [4.78, 5) is 19.8. The van der Waals surface area contributed by atoms with Crippen molar-refractivity contribution in [1.82, 2.24) is 24.6 Å². The number of hydrogen-bond acceptors (Lipinski definition) is 5. The number of carbonyl (C=O) groups excluding carboxylic acids is 1. The second-order valence-electron chi connectivity index (χ2n) is 6.48. The molecule has 25 heavy (non-hydrogen) atoms. The Labute approximate surface area is 146 Å². The van der Waals surface area contributed by atoms with Crippen LogP contribution in [0.2, 0.25) is 0 Å². The average molecular weight is 342 g/mol. The molecule has 0 unspecified atom stereocenters. The maximum atomic E-state index is 13.0. The predicted octanol–water partition coefficient (Wildman–Crippen LogP) is 0.764. The molecule has 1 fully saturated rings. The zero-order valence-electron chi connectivity index (χ0n) is 14.6. The van der Waals surface area contributed by atoms with Crippen LogP contribution in [0.4, 0.5) is 0 Å². The number of morpholine rings is 1. The number of nitrogens with one attached hydrogen (secondary N) is 1. The number of aryl methyl sites for hydroxylation is 1. The van der Waals surface area contributed by atoms with Crippen LogP contribution in [-0.2, 0) is 11.8 Å². The molecule has 1 saturated heterocycles. The van der Waals surface area contributed by atoms with E-state index >= 15 is 0 Å². The van der Waals surface area contributed by atoms with Gasteiger partial charge in [0.25, 0.3) is 5.91 Å². The summed E-state index contributed by atoms with van der Waals surface area (Å²) >= 11 is 0. The predicted molar refractivity (Wildman–Crippen MR) is 90.8 cm³/mol. The molecule has 0 aliphatic carbocycles. The molecule has 1 aliphatic heterocycles. The largest absolute Gasteiger partial charge is 0.373 e. The Balaban J connectivity index is 1.94. The molecule has 2 atom stereocenters.